The first-order chi connectivity index (χ1) is 5.74. The van der Waals surface area contributed by atoms with Crippen molar-refractivity contribution in [2.75, 3.05) is 5.32 Å². The molecule has 1 amide bonds. The van der Waals surface area contributed by atoms with Crippen molar-refractivity contribution < 1.29 is 14.8 Å². The Hall–Kier alpha value is -1.33. The highest BCUT2D eigenvalue weighted by molar-refractivity contribution is 6.58. The summed E-state index contributed by atoms with van der Waals surface area (Å²) in [6.07, 6.45) is 0.531. The summed E-state index contributed by atoms with van der Waals surface area (Å²) in [5, 5.41) is 19.9. The molecule has 3 N–H and O–H groups in total. The van der Waals surface area contributed by atoms with Gasteiger partial charge in [-0.2, -0.15) is 0 Å². The molecule has 0 aliphatic rings. The summed E-state index contributed by atoms with van der Waals surface area (Å²) in [7, 11) is -1.50. The second-order valence-corrected chi connectivity index (χ2v) is 2.26. The molecule has 0 fully saturated rings. The van der Waals surface area contributed by atoms with E-state index in [2.05, 4.69) is 5.32 Å². The Labute approximate surface area is 70.0 Å². The van der Waals surface area contributed by atoms with Crippen LogP contribution in [0.3, 0.4) is 0 Å². The molecule has 1 aromatic rings. The third-order valence-electron chi connectivity index (χ3n) is 1.41. The van der Waals surface area contributed by atoms with Crippen molar-refractivity contribution in [3.63, 3.8) is 0 Å². The van der Waals surface area contributed by atoms with Gasteiger partial charge in [0.15, 0.2) is 0 Å². The molecule has 62 valence electrons. The maximum Gasteiger partial charge on any atom is 0.488 e. The molecule has 0 bridgehead atoms. The van der Waals surface area contributed by atoms with Gasteiger partial charge in [0.1, 0.15) is 0 Å². The van der Waals surface area contributed by atoms with Crippen molar-refractivity contribution in [2.24, 2.45) is 0 Å². The molecule has 0 heterocycles. The monoisotopic (exact) mass is 165 g/mol. The molecule has 0 spiro atoms. The molecule has 0 aliphatic heterocycles. The van der Waals surface area contributed by atoms with Gasteiger partial charge >= 0.3 is 7.12 Å². The van der Waals surface area contributed by atoms with Gasteiger partial charge in [-0.1, -0.05) is 12.1 Å². The van der Waals surface area contributed by atoms with Gasteiger partial charge in [-0.15, -0.1) is 0 Å². The van der Waals surface area contributed by atoms with Gasteiger partial charge in [0, 0.05) is 5.69 Å². The van der Waals surface area contributed by atoms with Crippen molar-refractivity contribution in [1.29, 1.82) is 0 Å². The lowest BCUT2D eigenvalue weighted by Gasteiger charge is -2.01. The van der Waals surface area contributed by atoms with E-state index in [4.69, 9.17) is 10.0 Å². The van der Waals surface area contributed by atoms with Gasteiger partial charge in [-0.25, -0.2) is 0 Å². The quantitative estimate of drug-likeness (QED) is 0.394. The predicted molar refractivity (Wildman–Crippen MR) is 46.0 cm³/mol. The van der Waals surface area contributed by atoms with Crippen LogP contribution in [0.5, 0.6) is 0 Å². The van der Waals surface area contributed by atoms with Crippen LogP contribution < -0.4 is 10.8 Å². The summed E-state index contributed by atoms with van der Waals surface area (Å²) in [4.78, 5) is 10.0. The van der Waals surface area contributed by atoms with Crippen molar-refractivity contribution in [3.05, 3.63) is 24.3 Å². The van der Waals surface area contributed by atoms with Crippen molar-refractivity contribution >= 4 is 24.7 Å². The smallest absolute Gasteiger partial charge is 0.423 e. The summed E-state index contributed by atoms with van der Waals surface area (Å²) in [5.41, 5.74) is 0.887. The molecule has 0 aliphatic carbocycles. The van der Waals surface area contributed by atoms with Crippen LogP contribution in [0.1, 0.15) is 0 Å². The highest BCUT2D eigenvalue weighted by Gasteiger charge is 2.09. The summed E-state index contributed by atoms with van der Waals surface area (Å²) in [5.74, 6) is 0. The zero-order valence-corrected chi connectivity index (χ0v) is 6.27. The molecule has 0 aromatic heterocycles. The number of anilines is 1. The van der Waals surface area contributed by atoms with E-state index < -0.39 is 7.12 Å². The third-order valence-corrected chi connectivity index (χ3v) is 1.41. The summed E-state index contributed by atoms with van der Waals surface area (Å²) in [6.45, 7) is 0. The molecule has 0 saturated carbocycles. The summed E-state index contributed by atoms with van der Waals surface area (Å²) in [6, 6.07) is 6.32. The molecular formula is C7H8BNO3. The zero-order chi connectivity index (χ0) is 8.97. The number of rotatable bonds is 3. The molecule has 5 heteroatoms. The Morgan fingerprint density at radius 2 is 2.17 bits per heavy atom. The van der Waals surface area contributed by atoms with Crippen LogP contribution in [0, 0.1) is 0 Å². The lowest BCUT2D eigenvalue weighted by molar-refractivity contribution is -0.105. The minimum absolute atomic E-state index is 0.349. The van der Waals surface area contributed by atoms with E-state index in [-0.39, 0.29) is 0 Å². The van der Waals surface area contributed by atoms with E-state index in [9.17, 15) is 4.79 Å². The van der Waals surface area contributed by atoms with Crippen LogP contribution in [-0.4, -0.2) is 23.6 Å². The number of benzene rings is 1. The minimum atomic E-state index is -1.50. The second kappa shape index (κ2) is 3.89. The van der Waals surface area contributed by atoms with Crippen LogP contribution in [0.25, 0.3) is 0 Å². The third kappa shape index (κ3) is 2.08. The first-order valence-corrected chi connectivity index (χ1v) is 3.40. The molecular weight excluding hydrogens is 157 g/mol. The summed E-state index contributed by atoms with van der Waals surface area (Å²) >= 11 is 0. The fourth-order valence-electron chi connectivity index (χ4n) is 0.857. The lowest BCUT2D eigenvalue weighted by atomic mass is 9.80. The van der Waals surface area contributed by atoms with Crippen molar-refractivity contribution in [2.45, 2.75) is 0 Å². The van der Waals surface area contributed by atoms with E-state index >= 15 is 0 Å². The molecule has 0 unspecified atom stereocenters. The molecule has 1 rings (SSSR count). The number of carbonyl (C=O) groups excluding carboxylic acids is 1. The number of hydrogen-bond acceptors (Lipinski definition) is 3. The standard InChI is InChI=1S/C7H8BNO3/c10-5-9-7-3-1-2-6(4-7)8(11)12/h1-5,11-12H,(H,9,10). The molecule has 1 aromatic carbocycles. The van der Waals surface area contributed by atoms with Gasteiger partial charge < -0.3 is 15.4 Å². The normalized spacial score (nSPS) is 9.17. The second-order valence-electron chi connectivity index (χ2n) is 2.26. The highest BCUT2D eigenvalue weighted by Crippen LogP contribution is 2.01. The zero-order valence-electron chi connectivity index (χ0n) is 6.27. The van der Waals surface area contributed by atoms with Crippen molar-refractivity contribution in [1.82, 2.24) is 0 Å². The van der Waals surface area contributed by atoms with Crippen LogP contribution in [0.2, 0.25) is 0 Å². The van der Waals surface area contributed by atoms with Crippen LogP contribution in [0.4, 0.5) is 5.69 Å². The largest absolute Gasteiger partial charge is 0.488 e. The van der Waals surface area contributed by atoms with Gasteiger partial charge in [-0.3, -0.25) is 4.79 Å². The lowest BCUT2D eigenvalue weighted by Crippen LogP contribution is -2.29. The van der Waals surface area contributed by atoms with Gasteiger partial charge in [0.2, 0.25) is 6.41 Å². The maximum atomic E-state index is 10.0. The Bertz CT molecular complexity index is 277. The Morgan fingerprint density at radius 3 is 2.75 bits per heavy atom. The maximum absolute atomic E-state index is 10.0. The van der Waals surface area contributed by atoms with Gasteiger partial charge in [0.25, 0.3) is 0 Å². The van der Waals surface area contributed by atoms with Crippen LogP contribution in [0.15, 0.2) is 24.3 Å². The van der Waals surface area contributed by atoms with E-state index in [1.165, 1.54) is 6.07 Å². The summed E-state index contributed by atoms with van der Waals surface area (Å²) < 4.78 is 0. The highest BCUT2D eigenvalue weighted by atomic mass is 16.4. The average Bonchev–Trinajstić information content (AvgIpc) is 2.05. The molecule has 4 nitrogen and oxygen atoms in total. The molecule has 0 saturated heterocycles. The van der Waals surface area contributed by atoms with Gasteiger partial charge in [-0.05, 0) is 17.6 Å². The number of carbonyl (C=O) groups is 1. The SMILES string of the molecule is O=CNc1cccc(B(O)O)c1. The van der Waals surface area contributed by atoms with E-state index in [1.807, 2.05) is 0 Å². The fourth-order valence-corrected chi connectivity index (χ4v) is 0.857. The van der Waals surface area contributed by atoms with Gasteiger partial charge in [0.05, 0.1) is 0 Å². The molecule has 0 atom stereocenters. The van der Waals surface area contributed by atoms with Crippen LogP contribution in [-0.2, 0) is 4.79 Å². The minimum Gasteiger partial charge on any atom is -0.423 e. The molecule has 0 radical (unpaired) electrons. The Morgan fingerprint density at radius 1 is 1.42 bits per heavy atom. The average molecular weight is 165 g/mol. The fraction of sp³-hybridized carbons (Fsp3) is 0. The van der Waals surface area contributed by atoms with E-state index in [0.29, 0.717) is 17.6 Å². The van der Waals surface area contributed by atoms with E-state index in [0.717, 1.165) is 0 Å². The number of amides is 1. The predicted octanol–water partition coefficient (Wildman–Crippen LogP) is -1.07. The Kier molecular flexibility index (Phi) is 2.84. The molecule has 12 heavy (non-hydrogen) atoms. The Balaban J connectivity index is 2.87. The number of hydrogen-bond donors (Lipinski definition) is 3. The van der Waals surface area contributed by atoms with Crippen LogP contribution >= 0.6 is 0 Å². The van der Waals surface area contributed by atoms with Crippen molar-refractivity contribution in [3.8, 4) is 0 Å². The number of nitrogens with one attached hydrogen (secondary N) is 1. The first-order valence-electron chi connectivity index (χ1n) is 3.40. The van der Waals surface area contributed by atoms with E-state index in [1.54, 1.807) is 18.2 Å². The topological polar surface area (TPSA) is 69.6 Å². The first kappa shape index (κ1) is 8.77.